The van der Waals surface area contributed by atoms with Gasteiger partial charge in [0.15, 0.2) is 5.96 Å². The molecule has 3 N–H and O–H groups in total. The topological polar surface area (TPSA) is 50.4 Å². The molecule has 0 saturated heterocycles. The van der Waals surface area contributed by atoms with Crippen LogP contribution in [0.4, 0.5) is 5.69 Å². The highest BCUT2D eigenvalue weighted by Crippen LogP contribution is 2.30. The van der Waals surface area contributed by atoms with E-state index >= 15 is 0 Å². The van der Waals surface area contributed by atoms with E-state index in [2.05, 4.69) is 42.2 Å². The number of nitrogens with zero attached hydrogens (tertiary/aromatic N) is 1. The second-order valence-electron chi connectivity index (χ2n) is 2.58. The molecule has 0 spiro atoms. The number of hydrogen-bond donors (Lipinski definition) is 2. The first-order chi connectivity index (χ1) is 6.65. The molecular formula is C9H11Br2N3. The lowest BCUT2D eigenvalue weighted by Crippen LogP contribution is -2.23. The zero-order valence-corrected chi connectivity index (χ0v) is 10.9. The number of halogens is 2. The van der Waals surface area contributed by atoms with Crippen LogP contribution < -0.4 is 11.1 Å². The molecule has 5 heteroatoms. The van der Waals surface area contributed by atoms with Crippen LogP contribution in [0.2, 0.25) is 0 Å². The number of nitrogens with one attached hydrogen (secondary N) is 1. The molecule has 0 aromatic heterocycles. The molecule has 0 aliphatic carbocycles. The van der Waals surface area contributed by atoms with Crippen LogP contribution in [0.3, 0.4) is 0 Å². The molecule has 0 saturated carbocycles. The Kier molecular flexibility index (Phi) is 4.41. The summed E-state index contributed by atoms with van der Waals surface area (Å²) in [5, 5.41) is 3.01. The van der Waals surface area contributed by atoms with Crippen molar-refractivity contribution < 1.29 is 0 Å². The molecule has 0 fully saturated rings. The molecule has 0 aliphatic rings. The minimum absolute atomic E-state index is 0.417. The summed E-state index contributed by atoms with van der Waals surface area (Å²) in [4.78, 5) is 4.04. The maximum atomic E-state index is 5.65. The Morgan fingerprint density at radius 3 is 2.50 bits per heavy atom. The molecule has 1 aromatic rings. The standard InChI is InChI=1S/C9H11Br2N3/c1-2-13-9(12)14-8-6(10)4-3-5-7(8)11/h3-5H,2H2,1H3,(H3,12,13,14). The van der Waals surface area contributed by atoms with Gasteiger partial charge in [-0.25, -0.2) is 0 Å². The number of guanidine groups is 1. The third-order valence-electron chi connectivity index (χ3n) is 1.54. The Balaban J connectivity index is 2.91. The summed E-state index contributed by atoms with van der Waals surface area (Å²) in [6, 6.07) is 5.81. The lowest BCUT2D eigenvalue weighted by Gasteiger charge is -2.09. The monoisotopic (exact) mass is 319 g/mol. The fourth-order valence-electron chi connectivity index (χ4n) is 0.955. The SMILES string of the molecule is CCN=C(N)Nc1c(Br)cccc1Br. The number of anilines is 1. The predicted molar refractivity (Wildman–Crippen MR) is 67.6 cm³/mol. The number of rotatable bonds is 2. The summed E-state index contributed by atoms with van der Waals surface area (Å²) in [6.07, 6.45) is 0. The zero-order valence-electron chi connectivity index (χ0n) is 7.72. The van der Waals surface area contributed by atoms with Crippen LogP contribution in [0.25, 0.3) is 0 Å². The van der Waals surface area contributed by atoms with Gasteiger partial charge in [-0.1, -0.05) is 6.07 Å². The molecule has 0 amide bonds. The Bertz CT molecular complexity index is 330. The van der Waals surface area contributed by atoms with Gasteiger partial charge in [-0.3, -0.25) is 4.99 Å². The van der Waals surface area contributed by atoms with Crippen molar-refractivity contribution >= 4 is 43.5 Å². The van der Waals surface area contributed by atoms with Crippen LogP contribution in [0.1, 0.15) is 6.92 Å². The minimum Gasteiger partial charge on any atom is -0.370 e. The van der Waals surface area contributed by atoms with Crippen LogP contribution in [0.5, 0.6) is 0 Å². The maximum Gasteiger partial charge on any atom is 0.193 e. The number of hydrogen-bond acceptors (Lipinski definition) is 1. The highest BCUT2D eigenvalue weighted by molar-refractivity contribution is 9.11. The summed E-state index contributed by atoms with van der Waals surface area (Å²) < 4.78 is 1.89. The van der Waals surface area contributed by atoms with Crippen LogP contribution in [0, 0.1) is 0 Å². The second-order valence-corrected chi connectivity index (χ2v) is 4.29. The largest absolute Gasteiger partial charge is 0.370 e. The van der Waals surface area contributed by atoms with Gasteiger partial charge in [0.2, 0.25) is 0 Å². The molecule has 0 atom stereocenters. The third kappa shape index (κ3) is 2.99. The highest BCUT2D eigenvalue weighted by Gasteiger charge is 2.04. The van der Waals surface area contributed by atoms with Gasteiger partial charge < -0.3 is 11.1 Å². The van der Waals surface area contributed by atoms with E-state index in [1.807, 2.05) is 25.1 Å². The van der Waals surface area contributed by atoms with E-state index in [0.717, 1.165) is 14.6 Å². The minimum atomic E-state index is 0.417. The van der Waals surface area contributed by atoms with E-state index in [1.165, 1.54) is 0 Å². The molecule has 1 aromatic carbocycles. The first-order valence-corrected chi connectivity index (χ1v) is 5.74. The molecule has 0 bridgehead atoms. The first kappa shape index (κ1) is 11.5. The smallest absolute Gasteiger partial charge is 0.193 e. The Morgan fingerprint density at radius 1 is 1.43 bits per heavy atom. The van der Waals surface area contributed by atoms with E-state index < -0.39 is 0 Å². The quantitative estimate of drug-likeness (QED) is 0.650. The van der Waals surface area contributed by atoms with Crippen LogP contribution in [-0.2, 0) is 0 Å². The zero-order chi connectivity index (χ0) is 10.6. The fraction of sp³-hybridized carbons (Fsp3) is 0.222. The molecular weight excluding hydrogens is 310 g/mol. The summed E-state index contributed by atoms with van der Waals surface area (Å²) in [5.74, 6) is 0.417. The molecule has 0 aliphatic heterocycles. The normalized spacial score (nSPS) is 11.5. The van der Waals surface area contributed by atoms with Crippen molar-refractivity contribution in [2.75, 3.05) is 11.9 Å². The lowest BCUT2D eigenvalue weighted by atomic mass is 10.3. The lowest BCUT2D eigenvalue weighted by molar-refractivity contribution is 1.12. The maximum absolute atomic E-state index is 5.65. The van der Waals surface area contributed by atoms with E-state index in [0.29, 0.717) is 12.5 Å². The van der Waals surface area contributed by atoms with E-state index in [-0.39, 0.29) is 0 Å². The highest BCUT2D eigenvalue weighted by atomic mass is 79.9. The molecule has 0 heterocycles. The molecule has 0 radical (unpaired) electrons. The molecule has 1 rings (SSSR count). The van der Waals surface area contributed by atoms with Gasteiger partial charge in [0.05, 0.1) is 5.69 Å². The number of para-hydroxylation sites is 1. The van der Waals surface area contributed by atoms with Crippen LogP contribution in [0.15, 0.2) is 32.1 Å². The van der Waals surface area contributed by atoms with Gasteiger partial charge in [0.1, 0.15) is 0 Å². The number of aliphatic imine (C=N–C) groups is 1. The van der Waals surface area contributed by atoms with Crippen molar-refractivity contribution in [1.29, 1.82) is 0 Å². The molecule has 14 heavy (non-hydrogen) atoms. The van der Waals surface area contributed by atoms with Crippen molar-refractivity contribution in [3.8, 4) is 0 Å². The van der Waals surface area contributed by atoms with Crippen molar-refractivity contribution in [3.05, 3.63) is 27.1 Å². The van der Waals surface area contributed by atoms with Gasteiger partial charge in [-0.2, -0.15) is 0 Å². The van der Waals surface area contributed by atoms with Gasteiger partial charge in [0.25, 0.3) is 0 Å². The average Bonchev–Trinajstić information content (AvgIpc) is 2.12. The summed E-state index contributed by atoms with van der Waals surface area (Å²) in [5.41, 5.74) is 6.54. The van der Waals surface area contributed by atoms with Crippen molar-refractivity contribution in [2.24, 2.45) is 10.7 Å². The van der Waals surface area contributed by atoms with Crippen molar-refractivity contribution in [2.45, 2.75) is 6.92 Å². The first-order valence-electron chi connectivity index (χ1n) is 4.16. The molecule has 0 unspecified atom stereocenters. The molecule has 3 nitrogen and oxygen atoms in total. The fourth-order valence-corrected chi connectivity index (χ4v) is 2.15. The van der Waals surface area contributed by atoms with Gasteiger partial charge in [0, 0.05) is 15.5 Å². The van der Waals surface area contributed by atoms with Crippen LogP contribution >= 0.6 is 31.9 Å². The van der Waals surface area contributed by atoms with Gasteiger partial charge >= 0.3 is 0 Å². The Hall–Kier alpha value is -0.550. The Labute approximate surface area is 100 Å². The van der Waals surface area contributed by atoms with Crippen molar-refractivity contribution in [1.82, 2.24) is 0 Å². The number of benzene rings is 1. The summed E-state index contributed by atoms with van der Waals surface area (Å²) in [7, 11) is 0. The Morgan fingerprint density at radius 2 is 2.00 bits per heavy atom. The predicted octanol–water partition coefficient (Wildman–Crippen LogP) is 2.96. The molecule has 76 valence electrons. The van der Waals surface area contributed by atoms with Gasteiger partial charge in [-0.05, 0) is 50.9 Å². The summed E-state index contributed by atoms with van der Waals surface area (Å²) >= 11 is 6.85. The van der Waals surface area contributed by atoms with E-state index in [4.69, 9.17) is 5.73 Å². The summed E-state index contributed by atoms with van der Waals surface area (Å²) in [6.45, 7) is 2.60. The number of nitrogens with two attached hydrogens (primary N) is 1. The van der Waals surface area contributed by atoms with Crippen molar-refractivity contribution in [3.63, 3.8) is 0 Å². The second kappa shape index (κ2) is 5.36. The van der Waals surface area contributed by atoms with E-state index in [1.54, 1.807) is 0 Å². The average molecular weight is 321 g/mol. The van der Waals surface area contributed by atoms with Crippen LogP contribution in [-0.4, -0.2) is 12.5 Å². The van der Waals surface area contributed by atoms with Gasteiger partial charge in [-0.15, -0.1) is 0 Å². The third-order valence-corrected chi connectivity index (χ3v) is 2.87. The van der Waals surface area contributed by atoms with E-state index in [9.17, 15) is 0 Å².